The summed E-state index contributed by atoms with van der Waals surface area (Å²) in [6.45, 7) is 2.18. The third kappa shape index (κ3) is 5.48. The van der Waals surface area contributed by atoms with Crippen LogP contribution in [0.3, 0.4) is 0 Å². The van der Waals surface area contributed by atoms with Crippen LogP contribution in [0.5, 0.6) is 5.75 Å². The van der Waals surface area contributed by atoms with E-state index in [1.165, 1.54) is 7.11 Å². The van der Waals surface area contributed by atoms with Crippen LogP contribution in [-0.4, -0.2) is 23.9 Å². The minimum atomic E-state index is -0.316. The Morgan fingerprint density at radius 3 is 2.26 bits per heavy atom. The Balaban J connectivity index is 1.46. The fourth-order valence-electron chi connectivity index (χ4n) is 3.58. The van der Waals surface area contributed by atoms with Gasteiger partial charge in [0.15, 0.2) is 0 Å². The van der Waals surface area contributed by atoms with E-state index in [1.807, 2.05) is 67.6 Å². The Kier molecular flexibility index (Phi) is 6.98. The highest BCUT2D eigenvalue weighted by atomic mass is 16.5. The highest BCUT2D eigenvalue weighted by Gasteiger charge is 2.15. The molecule has 0 aliphatic carbocycles. The summed E-state index contributed by atoms with van der Waals surface area (Å²) >= 11 is 0. The number of hydrogen-bond donors (Lipinski definition) is 2. The number of aromatic nitrogens is 1. The van der Waals surface area contributed by atoms with Gasteiger partial charge in [0.2, 0.25) is 0 Å². The van der Waals surface area contributed by atoms with E-state index in [1.54, 1.807) is 30.3 Å². The number of aryl methyl sites for hydroxylation is 1. The van der Waals surface area contributed by atoms with Gasteiger partial charge < -0.3 is 15.4 Å². The van der Waals surface area contributed by atoms with Crippen molar-refractivity contribution in [3.05, 3.63) is 114 Å². The zero-order valence-corrected chi connectivity index (χ0v) is 19.0. The largest absolute Gasteiger partial charge is 0.496 e. The molecule has 4 aromatic rings. The van der Waals surface area contributed by atoms with E-state index in [4.69, 9.17) is 4.74 Å². The fourth-order valence-corrected chi connectivity index (χ4v) is 3.58. The average Bonchev–Trinajstić information content (AvgIpc) is 2.88. The van der Waals surface area contributed by atoms with Gasteiger partial charge in [-0.3, -0.25) is 14.6 Å². The SMILES string of the molecule is COc1ccc(NC(=O)c2ccc(-c3ccccc3)cc2)cc1C(=O)NCc1cccc(C)n1. The van der Waals surface area contributed by atoms with E-state index in [2.05, 4.69) is 15.6 Å². The molecule has 0 unspecified atom stereocenters. The molecule has 170 valence electrons. The summed E-state index contributed by atoms with van der Waals surface area (Å²) in [5.41, 5.74) is 5.10. The molecule has 0 radical (unpaired) electrons. The molecule has 0 saturated carbocycles. The normalized spacial score (nSPS) is 10.4. The maximum Gasteiger partial charge on any atom is 0.255 e. The van der Waals surface area contributed by atoms with Gasteiger partial charge in [0.1, 0.15) is 5.75 Å². The van der Waals surface area contributed by atoms with Crippen LogP contribution in [0.1, 0.15) is 32.1 Å². The Labute approximate surface area is 198 Å². The number of hydrogen-bond acceptors (Lipinski definition) is 4. The quantitative estimate of drug-likeness (QED) is 0.402. The summed E-state index contributed by atoms with van der Waals surface area (Å²) in [5, 5.41) is 5.72. The predicted molar refractivity (Wildman–Crippen MR) is 133 cm³/mol. The molecule has 2 N–H and O–H groups in total. The van der Waals surface area contributed by atoms with Crippen LogP contribution in [-0.2, 0) is 6.54 Å². The monoisotopic (exact) mass is 451 g/mol. The van der Waals surface area contributed by atoms with Gasteiger partial charge >= 0.3 is 0 Å². The van der Waals surface area contributed by atoms with Gasteiger partial charge in [-0.1, -0.05) is 48.5 Å². The second kappa shape index (κ2) is 10.4. The van der Waals surface area contributed by atoms with Crippen molar-refractivity contribution < 1.29 is 14.3 Å². The first-order chi connectivity index (χ1) is 16.5. The summed E-state index contributed by atoms with van der Waals surface area (Å²) in [5.74, 6) is -0.163. The zero-order chi connectivity index (χ0) is 23.9. The van der Waals surface area contributed by atoms with Gasteiger partial charge in [0, 0.05) is 16.9 Å². The minimum Gasteiger partial charge on any atom is -0.496 e. The Morgan fingerprint density at radius 1 is 0.824 bits per heavy atom. The molecule has 0 bridgehead atoms. The first-order valence-electron chi connectivity index (χ1n) is 10.9. The average molecular weight is 452 g/mol. The number of carbonyl (C=O) groups excluding carboxylic acids is 2. The van der Waals surface area contributed by atoms with Gasteiger partial charge in [-0.05, 0) is 60.5 Å². The van der Waals surface area contributed by atoms with Gasteiger partial charge in [-0.25, -0.2) is 0 Å². The molecular weight excluding hydrogens is 426 g/mol. The third-order valence-electron chi connectivity index (χ3n) is 5.33. The predicted octanol–water partition coefficient (Wildman–Crippen LogP) is 5.25. The summed E-state index contributed by atoms with van der Waals surface area (Å²) in [7, 11) is 1.50. The number of nitrogens with one attached hydrogen (secondary N) is 2. The number of methoxy groups -OCH3 is 1. The van der Waals surface area contributed by atoms with E-state index < -0.39 is 0 Å². The molecular formula is C28H25N3O3. The van der Waals surface area contributed by atoms with Gasteiger partial charge in [0.05, 0.1) is 24.9 Å². The number of benzene rings is 3. The lowest BCUT2D eigenvalue weighted by Gasteiger charge is -2.12. The maximum absolute atomic E-state index is 12.8. The Hall–Kier alpha value is -4.45. The lowest BCUT2D eigenvalue weighted by atomic mass is 10.0. The van der Waals surface area contributed by atoms with Crippen LogP contribution in [0, 0.1) is 6.92 Å². The summed E-state index contributed by atoms with van der Waals surface area (Å²) in [6, 6.07) is 28.0. The van der Waals surface area contributed by atoms with E-state index in [-0.39, 0.29) is 18.4 Å². The van der Waals surface area contributed by atoms with Crippen molar-refractivity contribution in [3.8, 4) is 16.9 Å². The number of ether oxygens (including phenoxy) is 1. The number of carbonyl (C=O) groups is 2. The molecule has 0 atom stereocenters. The lowest BCUT2D eigenvalue weighted by molar-refractivity contribution is 0.0946. The van der Waals surface area contributed by atoms with Crippen LogP contribution >= 0.6 is 0 Å². The second-order valence-corrected chi connectivity index (χ2v) is 7.77. The van der Waals surface area contributed by atoms with Crippen LogP contribution in [0.15, 0.2) is 91.0 Å². The summed E-state index contributed by atoms with van der Waals surface area (Å²) in [6.07, 6.45) is 0. The Morgan fingerprint density at radius 2 is 1.56 bits per heavy atom. The molecule has 0 aliphatic rings. The topological polar surface area (TPSA) is 80.3 Å². The summed E-state index contributed by atoms with van der Waals surface area (Å²) in [4.78, 5) is 30.0. The second-order valence-electron chi connectivity index (χ2n) is 7.77. The van der Waals surface area contributed by atoms with Crippen molar-refractivity contribution >= 4 is 17.5 Å². The molecule has 4 rings (SSSR count). The lowest BCUT2D eigenvalue weighted by Crippen LogP contribution is -2.24. The first-order valence-corrected chi connectivity index (χ1v) is 10.9. The fraction of sp³-hybridized carbons (Fsp3) is 0.107. The number of amides is 2. The molecule has 34 heavy (non-hydrogen) atoms. The molecule has 6 nitrogen and oxygen atoms in total. The highest BCUT2D eigenvalue weighted by molar-refractivity contribution is 6.05. The van der Waals surface area contributed by atoms with E-state index in [0.717, 1.165) is 22.5 Å². The van der Waals surface area contributed by atoms with Gasteiger partial charge in [-0.15, -0.1) is 0 Å². The van der Waals surface area contributed by atoms with Crippen molar-refractivity contribution in [1.29, 1.82) is 0 Å². The van der Waals surface area contributed by atoms with Gasteiger partial charge in [0.25, 0.3) is 11.8 Å². The van der Waals surface area contributed by atoms with E-state index in [0.29, 0.717) is 22.6 Å². The van der Waals surface area contributed by atoms with Crippen molar-refractivity contribution in [3.63, 3.8) is 0 Å². The van der Waals surface area contributed by atoms with Gasteiger partial charge in [-0.2, -0.15) is 0 Å². The number of anilines is 1. The van der Waals surface area contributed by atoms with Crippen molar-refractivity contribution in [2.75, 3.05) is 12.4 Å². The number of nitrogens with zero attached hydrogens (tertiary/aromatic N) is 1. The smallest absolute Gasteiger partial charge is 0.255 e. The number of rotatable bonds is 7. The van der Waals surface area contributed by atoms with E-state index >= 15 is 0 Å². The Bertz CT molecular complexity index is 1300. The minimum absolute atomic E-state index is 0.264. The summed E-state index contributed by atoms with van der Waals surface area (Å²) < 4.78 is 5.35. The highest BCUT2D eigenvalue weighted by Crippen LogP contribution is 2.24. The molecule has 1 aromatic heterocycles. The van der Waals surface area contributed by atoms with Crippen LogP contribution in [0.25, 0.3) is 11.1 Å². The zero-order valence-electron chi connectivity index (χ0n) is 19.0. The number of pyridine rings is 1. The van der Waals surface area contributed by atoms with Crippen LogP contribution < -0.4 is 15.4 Å². The van der Waals surface area contributed by atoms with Crippen molar-refractivity contribution in [1.82, 2.24) is 10.3 Å². The molecule has 0 spiro atoms. The molecule has 3 aromatic carbocycles. The molecule has 0 fully saturated rings. The standard InChI is InChI=1S/C28H25N3O3/c1-19-7-6-10-24(30-19)18-29-28(33)25-17-23(15-16-26(25)34-2)31-27(32)22-13-11-21(12-14-22)20-8-4-3-5-9-20/h3-17H,18H2,1-2H3,(H,29,33)(H,31,32). The molecule has 6 heteroatoms. The molecule has 1 heterocycles. The third-order valence-corrected chi connectivity index (χ3v) is 5.33. The maximum atomic E-state index is 12.8. The molecule has 2 amide bonds. The van der Waals surface area contributed by atoms with Crippen LogP contribution in [0.4, 0.5) is 5.69 Å². The molecule has 0 saturated heterocycles. The van der Waals surface area contributed by atoms with Crippen molar-refractivity contribution in [2.45, 2.75) is 13.5 Å². The van der Waals surface area contributed by atoms with Crippen LogP contribution in [0.2, 0.25) is 0 Å². The van der Waals surface area contributed by atoms with E-state index in [9.17, 15) is 9.59 Å². The van der Waals surface area contributed by atoms with Crippen molar-refractivity contribution in [2.24, 2.45) is 0 Å². The molecule has 0 aliphatic heterocycles. The first kappa shape index (κ1) is 22.7.